The van der Waals surface area contributed by atoms with E-state index in [4.69, 9.17) is 0 Å². The molecule has 1 aromatic carbocycles. The molecule has 0 aliphatic carbocycles. The zero-order valence-electron chi connectivity index (χ0n) is 12.4. The van der Waals surface area contributed by atoms with Crippen molar-refractivity contribution in [2.45, 2.75) is 20.3 Å². The highest BCUT2D eigenvalue weighted by Gasteiger charge is 2.07. The summed E-state index contributed by atoms with van der Waals surface area (Å²) < 4.78 is 0. The molecule has 3 N–H and O–H groups in total. The Hall–Kier alpha value is -2.37. The molecule has 0 saturated carbocycles. The Morgan fingerprint density at radius 3 is 2.48 bits per heavy atom. The number of carbonyl (C=O) groups is 3. The molecule has 114 valence electrons. The monoisotopic (exact) mass is 291 g/mol. The van der Waals surface area contributed by atoms with Crippen LogP contribution in [0.2, 0.25) is 0 Å². The lowest BCUT2D eigenvalue weighted by molar-refractivity contribution is -0.126. The number of amides is 3. The zero-order valence-corrected chi connectivity index (χ0v) is 12.4. The summed E-state index contributed by atoms with van der Waals surface area (Å²) in [5.41, 5.74) is 1.57. The molecule has 1 aromatic rings. The lowest BCUT2D eigenvalue weighted by Crippen LogP contribution is -2.38. The second-order valence-electron chi connectivity index (χ2n) is 4.61. The summed E-state index contributed by atoms with van der Waals surface area (Å²) in [7, 11) is 0. The van der Waals surface area contributed by atoms with Crippen LogP contribution in [0.15, 0.2) is 24.3 Å². The van der Waals surface area contributed by atoms with E-state index in [1.54, 1.807) is 19.1 Å². The summed E-state index contributed by atoms with van der Waals surface area (Å²) in [6.45, 7) is 4.43. The van der Waals surface area contributed by atoms with Gasteiger partial charge in [-0.05, 0) is 26.0 Å². The molecule has 6 heteroatoms. The third kappa shape index (κ3) is 6.56. The van der Waals surface area contributed by atoms with Crippen molar-refractivity contribution in [2.75, 3.05) is 19.6 Å². The first-order valence-corrected chi connectivity index (χ1v) is 6.91. The van der Waals surface area contributed by atoms with Gasteiger partial charge in [0.1, 0.15) is 0 Å². The largest absolute Gasteiger partial charge is 0.355 e. The summed E-state index contributed by atoms with van der Waals surface area (Å²) >= 11 is 0. The van der Waals surface area contributed by atoms with Gasteiger partial charge >= 0.3 is 0 Å². The molecule has 0 saturated heterocycles. The number of hydrogen-bond donors (Lipinski definition) is 3. The number of nitrogens with one attached hydrogen (secondary N) is 3. The predicted octanol–water partition coefficient (Wildman–Crippen LogP) is 0.367. The standard InChI is InChI=1S/C15H21N3O3/c1-3-16-14(20)10-18-13(19)7-8-17-15(21)12-6-4-5-11(2)9-12/h4-6,9H,3,7-8,10H2,1-2H3,(H,16,20)(H,17,21)(H,18,19). The average molecular weight is 291 g/mol. The van der Waals surface area contributed by atoms with Crippen LogP contribution in [0, 0.1) is 6.92 Å². The molecule has 0 aromatic heterocycles. The van der Waals surface area contributed by atoms with E-state index >= 15 is 0 Å². The van der Waals surface area contributed by atoms with Crippen LogP contribution in [0.4, 0.5) is 0 Å². The average Bonchev–Trinajstić information content (AvgIpc) is 2.45. The minimum atomic E-state index is -0.272. The molecule has 0 aliphatic rings. The summed E-state index contributed by atoms with van der Waals surface area (Å²) in [6, 6.07) is 7.22. The number of hydrogen-bond acceptors (Lipinski definition) is 3. The van der Waals surface area contributed by atoms with Crippen molar-refractivity contribution in [3.8, 4) is 0 Å². The highest BCUT2D eigenvalue weighted by atomic mass is 16.2. The van der Waals surface area contributed by atoms with Crippen molar-refractivity contribution < 1.29 is 14.4 Å². The van der Waals surface area contributed by atoms with Crippen LogP contribution in [0.5, 0.6) is 0 Å². The minimum absolute atomic E-state index is 0.0432. The van der Waals surface area contributed by atoms with E-state index in [0.717, 1.165) is 5.56 Å². The van der Waals surface area contributed by atoms with E-state index in [2.05, 4.69) is 16.0 Å². The van der Waals surface area contributed by atoms with Gasteiger partial charge in [-0.25, -0.2) is 0 Å². The molecule has 21 heavy (non-hydrogen) atoms. The molecule has 1 rings (SSSR count). The smallest absolute Gasteiger partial charge is 0.251 e. The number of likely N-dealkylation sites (N-methyl/N-ethyl adjacent to an activating group) is 1. The predicted molar refractivity (Wildman–Crippen MR) is 79.8 cm³/mol. The molecule has 3 amide bonds. The van der Waals surface area contributed by atoms with Crippen molar-refractivity contribution in [1.82, 2.24) is 16.0 Å². The first kappa shape index (κ1) is 16.7. The van der Waals surface area contributed by atoms with Crippen molar-refractivity contribution in [3.05, 3.63) is 35.4 Å². The van der Waals surface area contributed by atoms with Gasteiger partial charge in [-0.3, -0.25) is 14.4 Å². The molecule has 0 radical (unpaired) electrons. The topological polar surface area (TPSA) is 87.3 Å². The van der Waals surface area contributed by atoms with Crippen molar-refractivity contribution >= 4 is 17.7 Å². The summed E-state index contributed by atoms with van der Waals surface area (Å²) in [5.74, 6) is -0.712. The maximum Gasteiger partial charge on any atom is 0.251 e. The van der Waals surface area contributed by atoms with Crippen LogP contribution in [0.3, 0.4) is 0 Å². The fraction of sp³-hybridized carbons (Fsp3) is 0.400. The molecule has 0 bridgehead atoms. The number of benzene rings is 1. The van der Waals surface area contributed by atoms with Crippen molar-refractivity contribution in [2.24, 2.45) is 0 Å². The molecule has 0 spiro atoms. The summed E-state index contributed by atoms with van der Waals surface area (Å²) in [5, 5.41) is 7.74. The maximum atomic E-state index is 11.8. The van der Waals surface area contributed by atoms with Crippen LogP contribution in [0.1, 0.15) is 29.3 Å². The minimum Gasteiger partial charge on any atom is -0.355 e. The van der Waals surface area contributed by atoms with Crippen LogP contribution < -0.4 is 16.0 Å². The molecular weight excluding hydrogens is 270 g/mol. The molecule has 0 atom stereocenters. The second-order valence-corrected chi connectivity index (χ2v) is 4.61. The Bertz CT molecular complexity index is 515. The van der Waals surface area contributed by atoms with E-state index in [9.17, 15) is 14.4 Å². The Morgan fingerprint density at radius 2 is 1.81 bits per heavy atom. The number of rotatable bonds is 7. The fourth-order valence-corrected chi connectivity index (χ4v) is 1.70. The van der Waals surface area contributed by atoms with Crippen LogP contribution in [-0.4, -0.2) is 37.4 Å². The van der Waals surface area contributed by atoms with Gasteiger partial charge in [-0.1, -0.05) is 17.7 Å². The van der Waals surface area contributed by atoms with Crippen LogP contribution >= 0.6 is 0 Å². The molecular formula is C15H21N3O3. The van der Waals surface area contributed by atoms with E-state index in [1.165, 1.54) is 0 Å². The fourth-order valence-electron chi connectivity index (χ4n) is 1.70. The lowest BCUT2D eigenvalue weighted by Gasteiger charge is -2.07. The van der Waals surface area contributed by atoms with Gasteiger partial charge in [-0.2, -0.15) is 0 Å². The van der Waals surface area contributed by atoms with Gasteiger partial charge < -0.3 is 16.0 Å². The lowest BCUT2D eigenvalue weighted by atomic mass is 10.1. The number of carbonyl (C=O) groups excluding carboxylic acids is 3. The van der Waals surface area contributed by atoms with Gasteiger partial charge in [0, 0.05) is 25.1 Å². The van der Waals surface area contributed by atoms with Gasteiger partial charge in [0.2, 0.25) is 11.8 Å². The van der Waals surface area contributed by atoms with Crippen LogP contribution in [-0.2, 0) is 9.59 Å². The van der Waals surface area contributed by atoms with E-state index in [1.807, 2.05) is 19.1 Å². The van der Waals surface area contributed by atoms with E-state index in [0.29, 0.717) is 12.1 Å². The Labute approximate surface area is 124 Å². The third-order valence-corrected chi connectivity index (χ3v) is 2.74. The molecule has 0 aliphatic heterocycles. The molecule has 0 heterocycles. The quantitative estimate of drug-likeness (QED) is 0.678. The van der Waals surface area contributed by atoms with Gasteiger partial charge in [0.25, 0.3) is 5.91 Å². The van der Waals surface area contributed by atoms with Gasteiger partial charge in [0.05, 0.1) is 6.54 Å². The van der Waals surface area contributed by atoms with Crippen LogP contribution in [0.25, 0.3) is 0 Å². The SMILES string of the molecule is CCNC(=O)CNC(=O)CCNC(=O)c1cccc(C)c1. The zero-order chi connectivity index (χ0) is 15.7. The molecule has 0 unspecified atom stereocenters. The first-order chi connectivity index (χ1) is 10.0. The van der Waals surface area contributed by atoms with E-state index < -0.39 is 0 Å². The van der Waals surface area contributed by atoms with E-state index in [-0.39, 0.29) is 37.2 Å². The molecule has 6 nitrogen and oxygen atoms in total. The maximum absolute atomic E-state index is 11.8. The molecule has 0 fully saturated rings. The van der Waals surface area contributed by atoms with Gasteiger partial charge in [-0.15, -0.1) is 0 Å². The normalized spacial score (nSPS) is 9.81. The Kier molecular flexibility index (Phi) is 6.94. The highest BCUT2D eigenvalue weighted by molar-refractivity contribution is 5.94. The van der Waals surface area contributed by atoms with Crippen molar-refractivity contribution in [1.29, 1.82) is 0 Å². The first-order valence-electron chi connectivity index (χ1n) is 6.91. The number of aryl methyl sites for hydroxylation is 1. The second kappa shape index (κ2) is 8.73. The van der Waals surface area contributed by atoms with Gasteiger partial charge in [0.15, 0.2) is 0 Å². The third-order valence-electron chi connectivity index (χ3n) is 2.74. The Morgan fingerprint density at radius 1 is 1.05 bits per heavy atom. The summed E-state index contributed by atoms with van der Waals surface area (Å²) in [4.78, 5) is 34.5. The summed E-state index contributed by atoms with van der Waals surface area (Å²) in [6.07, 6.45) is 0.136. The highest BCUT2D eigenvalue weighted by Crippen LogP contribution is 2.03. The Balaban J connectivity index is 2.25. The van der Waals surface area contributed by atoms with Crippen molar-refractivity contribution in [3.63, 3.8) is 0 Å².